The highest BCUT2D eigenvalue weighted by atomic mass is 32.2. The molecule has 0 nitrogen and oxygen atoms in total. The van der Waals surface area contributed by atoms with Crippen molar-refractivity contribution in [1.82, 2.24) is 0 Å². The van der Waals surface area contributed by atoms with E-state index in [0.29, 0.717) is 0 Å². The maximum absolute atomic E-state index is 2.32. The quantitative estimate of drug-likeness (QED) is 0.198. The Hall–Kier alpha value is -2.32. The molecule has 0 unspecified atom stereocenters. The van der Waals surface area contributed by atoms with E-state index in [-0.39, 0.29) is 0 Å². The van der Waals surface area contributed by atoms with E-state index in [2.05, 4.69) is 86.6 Å². The van der Waals surface area contributed by atoms with Gasteiger partial charge in [-0.05, 0) is 61.4 Å². The van der Waals surface area contributed by atoms with Crippen molar-refractivity contribution in [2.24, 2.45) is 0 Å². The molecule has 36 heavy (non-hydrogen) atoms. The van der Waals surface area contributed by atoms with Crippen molar-refractivity contribution in [2.45, 2.75) is 13.8 Å². The standard InChI is InChI=1S/C30H18S6/c1-15-25-17-7-3-5-9-19(17)34-30(25)36-26(15)23-13-11-21(31-23)22-12-14-24(32-22)27-16(2)28-29(35-27)18-8-4-6-10-20(18)33-28/h3-14H,1-2H3. The summed E-state index contributed by atoms with van der Waals surface area (Å²) < 4.78 is 7.12. The number of aryl methyl sites for hydroxylation is 2. The number of rotatable bonds is 3. The molecule has 2 aromatic carbocycles. The molecule has 6 heteroatoms. The SMILES string of the molecule is Cc1c(-c2ccc(-c3ccc(-c4sc5sc6ccccc6c5c4C)s3)s2)sc2c1sc1ccccc12. The van der Waals surface area contributed by atoms with E-state index in [4.69, 9.17) is 0 Å². The van der Waals surface area contributed by atoms with Gasteiger partial charge < -0.3 is 0 Å². The second kappa shape index (κ2) is 8.09. The molecule has 0 radical (unpaired) electrons. The van der Waals surface area contributed by atoms with Crippen LogP contribution in [0.5, 0.6) is 0 Å². The van der Waals surface area contributed by atoms with Crippen LogP contribution in [0.2, 0.25) is 0 Å². The number of benzene rings is 2. The molecule has 0 bridgehead atoms. The summed E-state index contributed by atoms with van der Waals surface area (Å²) in [4.78, 5) is 8.35. The van der Waals surface area contributed by atoms with E-state index in [0.717, 1.165) is 0 Å². The van der Waals surface area contributed by atoms with Crippen LogP contribution in [0.1, 0.15) is 11.1 Å². The van der Waals surface area contributed by atoms with E-state index in [1.54, 1.807) is 0 Å². The second-order valence-corrected chi connectivity index (χ2v) is 15.5. The van der Waals surface area contributed by atoms with E-state index < -0.39 is 0 Å². The molecule has 8 rings (SSSR count). The first-order chi connectivity index (χ1) is 17.7. The summed E-state index contributed by atoms with van der Waals surface area (Å²) in [6.45, 7) is 4.59. The van der Waals surface area contributed by atoms with Crippen molar-refractivity contribution in [2.75, 3.05) is 0 Å². The molecule has 0 fully saturated rings. The Bertz CT molecular complexity index is 2040. The molecular formula is C30H18S6. The van der Waals surface area contributed by atoms with Crippen LogP contribution in [0.25, 0.3) is 68.2 Å². The van der Waals surface area contributed by atoms with Gasteiger partial charge in [-0.3, -0.25) is 0 Å². The number of fused-ring (bicyclic) bond motifs is 6. The summed E-state index contributed by atoms with van der Waals surface area (Å²) in [5.41, 5.74) is 2.85. The molecule has 0 saturated heterocycles. The van der Waals surface area contributed by atoms with Crippen molar-refractivity contribution < 1.29 is 0 Å². The normalized spacial score (nSPS) is 12.2. The third-order valence-electron chi connectivity index (χ3n) is 6.81. The predicted octanol–water partition coefficient (Wildman–Crippen LogP) is 12.3. The topological polar surface area (TPSA) is 0 Å². The molecule has 8 aromatic rings. The molecule has 0 spiro atoms. The summed E-state index contributed by atoms with van der Waals surface area (Å²) in [7, 11) is 0. The number of thiophene rings is 6. The molecule has 0 N–H and O–H groups in total. The van der Waals surface area contributed by atoms with E-state index in [1.165, 1.54) is 79.4 Å². The Morgan fingerprint density at radius 2 is 1.03 bits per heavy atom. The first-order valence-corrected chi connectivity index (χ1v) is 16.6. The fraction of sp³-hybridized carbons (Fsp3) is 0.0667. The largest absolute Gasteiger partial charge is 0.134 e. The van der Waals surface area contributed by atoms with E-state index in [1.807, 2.05) is 68.0 Å². The first-order valence-electron chi connectivity index (χ1n) is 11.7. The third kappa shape index (κ3) is 3.13. The summed E-state index contributed by atoms with van der Waals surface area (Å²) in [5, 5.41) is 4.25. The summed E-state index contributed by atoms with van der Waals surface area (Å²) in [5.74, 6) is 0. The van der Waals surface area contributed by atoms with Crippen LogP contribution in [-0.2, 0) is 0 Å². The molecule has 174 valence electrons. The zero-order valence-electron chi connectivity index (χ0n) is 19.4. The average Bonchev–Trinajstić information content (AvgIpc) is 3.71. The second-order valence-electron chi connectivity index (χ2n) is 8.96. The monoisotopic (exact) mass is 570 g/mol. The minimum atomic E-state index is 1.36. The van der Waals surface area contributed by atoms with Gasteiger partial charge in [-0.1, -0.05) is 36.4 Å². The summed E-state index contributed by atoms with van der Waals surface area (Å²) in [6.07, 6.45) is 0. The highest BCUT2D eigenvalue weighted by molar-refractivity contribution is 7.43. The fourth-order valence-corrected chi connectivity index (χ4v) is 12.9. The van der Waals surface area contributed by atoms with Gasteiger partial charge in [0, 0.05) is 59.5 Å². The van der Waals surface area contributed by atoms with Crippen LogP contribution < -0.4 is 0 Å². The van der Waals surface area contributed by atoms with Gasteiger partial charge in [0.1, 0.15) is 0 Å². The molecule has 0 atom stereocenters. The predicted molar refractivity (Wildman–Crippen MR) is 170 cm³/mol. The van der Waals surface area contributed by atoms with Crippen molar-refractivity contribution in [1.29, 1.82) is 0 Å². The number of hydrogen-bond acceptors (Lipinski definition) is 6. The van der Waals surface area contributed by atoms with Gasteiger partial charge in [0.05, 0.1) is 8.71 Å². The van der Waals surface area contributed by atoms with Crippen LogP contribution in [0.3, 0.4) is 0 Å². The van der Waals surface area contributed by atoms with Crippen molar-refractivity contribution in [3.63, 3.8) is 0 Å². The van der Waals surface area contributed by atoms with Gasteiger partial charge in [-0.2, -0.15) is 0 Å². The van der Waals surface area contributed by atoms with Gasteiger partial charge >= 0.3 is 0 Å². The van der Waals surface area contributed by atoms with Crippen LogP contribution >= 0.6 is 68.0 Å². The fourth-order valence-electron chi connectivity index (χ4n) is 5.04. The molecule has 0 aliphatic carbocycles. The summed E-state index contributed by atoms with van der Waals surface area (Å²) >= 11 is 11.6. The number of hydrogen-bond donors (Lipinski definition) is 0. The zero-order chi connectivity index (χ0) is 24.0. The van der Waals surface area contributed by atoms with Crippen molar-refractivity contribution >= 4 is 107 Å². The Morgan fingerprint density at radius 1 is 0.444 bits per heavy atom. The molecular weight excluding hydrogens is 553 g/mol. The third-order valence-corrected chi connectivity index (χ3v) is 14.8. The van der Waals surface area contributed by atoms with Gasteiger partial charge in [-0.15, -0.1) is 68.0 Å². The van der Waals surface area contributed by atoms with Crippen LogP contribution in [0.4, 0.5) is 0 Å². The molecule has 0 saturated carbocycles. The van der Waals surface area contributed by atoms with Crippen molar-refractivity contribution in [3.05, 3.63) is 83.9 Å². The summed E-state index contributed by atoms with van der Waals surface area (Å²) in [6, 6.07) is 26.9. The first kappa shape index (κ1) is 21.7. The van der Waals surface area contributed by atoms with Crippen LogP contribution in [-0.4, -0.2) is 0 Å². The Balaban J connectivity index is 1.18. The lowest BCUT2D eigenvalue weighted by molar-refractivity contribution is 1.61. The molecule has 6 aromatic heterocycles. The minimum Gasteiger partial charge on any atom is -0.134 e. The minimum absolute atomic E-state index is 1.36. The van der Waals surface area contributed by atoms with E-state index >= 15 is 0 Å². The smallest absolute Gasteiger partial charge is 0.0887 e. The lowest BCUT2D eigenvalue weighted by atomic mass is 10.1. The Kier molecular flexibility index (Phi) is 4.88. The van der Waals surface area contributed by atoms with Crippen molar-refractivity contribution in [3.8, 4) is 29.3 Å². The highest BCUT2D eigenvalue weighted by Gasteiger charge is 2.19. The Labute approximate surface area is 232 Å². The van der Waals surface area contributed by atoms with Crippen LogP contribution in [0, 0.1) is 13.8 Å². The maximum Gasteiger partial charge on any atom is 0.0887 e. The molecule has 0 amide bonds. The van der Waals surface area contributed by atoms with Gasteiger partial charge in [0.2, 0.25) is 0 Å². The van der Waals surface area contributed by atoms with Gasteiger partial charge in [-0.25, -0.2) is 0 Å². The average molecular weight is 571 g/mol. The maximum atomic E-state index is 2.32. The lowest BCUT2D eigenvalue weighted by Crippen LogP contribution is -1.71. The highest BCUT2D eigenvalue weighted by Crippen LogP contribution is 2.51. The lowest BCUT2D eigenvalue weighted by Gasteiger charge is -1.97. The van der Waals surface area contributed by atoms with Gasteiger partial charge in [0.15, 0.2) is 0 Å². The van der Waals surface area contributed by atoms with E-state index in [9.17, 15) is 0 Å². The molecule has 0 aliphatic rings. The van der Waals surface area contributed by atoms with Crippen LogP contribution in [0.15, 0.2) is 72.8 Å². The zero-order valence-corrected chi connectivity index (χ0v) is 24.3. The molecule has 6 heterocycles. The molecule has 0 aliphatic heterocycles. The Morgan fingerprint density at radius 3 is 1.75 bits per heavy atom. The van der Waals surface area contributed by atoms with Gasteiger partial charge in [0.25, 0.3) is 0 Å².